The van der Waals surface area contributed by atoms with Gasteiger partial charge in [0.2, 0.25) is 0 Å². The molecule has 1 aliphatic heterocycles. The van der Waals surface area contributed by atoms with Gasteiger partial charge in [0.15, 0.2) is 0 Å². The number of urea groups is 1. The van der Waals surface area contributed by atoms with Gasteiger partial charge in [-0.3, -0.25) is 0 Å². The first-order chi connectivity index (χ1) is 3.79. The third-order valence-corrected chi connectivity index (χ3v) is 1.31. The van der Waals surface area contributed by atoms with Gasteiger partial charge in [-0.15, -0.1) is 0 Å². The van der Waals surface area contributed by atoms with Crippen LogP contribution in [0.15, 0.2) is 0 Å². The lowest BCUT2D eigenvalue weighted by Crippen LogP contribution is -2.48. The largest absolute Gasteiger partial charge is 0.337 e. The van der Waals surface area contributed by atoms with Crippen LogP contribution in [-0.2, 0) is 0 Å². The molecule has 0 unspecified atom stereocenters. The van der Waals surface area contributed by atoms with E-state index in [9.17, 15) is 4.79 Å². The molecule has 0 spiro atoms. The average molecular weight is 131 g/mol. The smallest absolute Gasteiger partial charge is 0.314 e. The van der Waals surface area contributed by atoms with Crippen LogP contribution in [0, 0.1) is 0 Å². The standard InChI is InChI=1S/C4H7N2OS/c7-4-5-1-3(8)2-6-4/h3H,1-2H2,(H2,5,6,7). The fourth-order valence-corrected chi connectivity index (χ4v) is 0.714. The molecule has 0 atom stereocenters. The summed E-state index contributed by atoms with van der Waals surface area (Å²) in [4.78, 5) is 10.3. The number of carbonyl (C=O) groups is 1. The Labute approximate surface area is 53.2 Å². The van der Waals surface area contributed by atoms with Crippen molar-refractivity contribution in [2.24, 2.45) is 0 Å². The summed E-state index contributed by atoms with van der Waals surface area (Å²) < 4.78 is 0. The molecule has 0 saturated carbocycles. The highest BCUT2D eigenvalue weighted by atomic mass is 32.1. The van der Waals surface area contributed by atoms with Gasteiger partial charge in [-0.2, -0.15) is 0 Å². The van der Waals surface area contributed by atoms with E-state index in [4.69, 9.17) is 12.6 Å². The maximum Gasteiger partial charge on any atom is 0.314 e. The van der Waals surface area contributed by atoms with E-state index in [1.165, 1.54) is 0 Å². The van der Waals surface area contributed by atoms with Crippen LogP contribution >= 0.6 is 12.6 Å². The van der Waals surface area contributed by atoms with Crippen LogP contribution in [0.1, 0.15) is 0 Å². The first-order valence-electron chi connectivity index (χ1n) is 2.46. The predicted octanol–water partition coefficient (Wildman–Crippen LogP) is -0.135. The molecule has 1 heterocycles. The third kappa shape index (κ3) is 1.30. The molecule has 4 heteroatoms. The average Bonchev–Trinajstić information content (AvgIpc) is 1.77. The minimum atomic E-state index is -0.105. The first kappa shape index (κ1) is 5.75. The van der Waals surface area contributed by atoms with Crippen molar-refractivity contribution in [3.63, 3.8) is 0 Å². The number of carbonyl (C=O) groups excluding carboxylic acids is 1. The third-order valence-electron chi connectivity index (χ3n) is 0.981. The van der Waals surface area contributed by atoms with Crippen molar-refractivity contribution < 1.29 is 4.79 Å². The summed E-state index contributed by atoms with van der Waals surface area (Å²) in [5.74, 6) is 0. The monoisotopic (exact) mass is 131 g/mol. The van der Waals surface area contributed by atoms with Gasteiger partial charge in [0.1, 0.15) is 0 Å². The van der Waals surface area contributed by atoms with E-state index in [-0.39, 0.29) is 11.3 Å². The van der Waals surface area contributed by atoms with Gasteiger partial charge in [-0.25, -0.2) is 4.79 Å². The minimum absolute atomic E-state index is 0.105. The lowest BCUT2D eigenvalue weighted by Gasteiger charge is -2.17. The summed E-state index contributed by atoms with van der Waals surface area (Å²) >= 11 is 4.86. The second-order valence-corrected chi connectivity index (χ2v) is 2.38. The molecular formula is C4H7N2OS. The lowest BCUT2D eigenvalue weighted by molar-refractivity contribution is 0.237. The van der Waals surface area contributed by atoms with Gasteiger partial charge < -0.3 is 10.6 Å². The van der Waals surface area contributed by atoms with Gasteiger partial charge in [-0.1, -0.05) is 12.6 Å². The summed E-state index contributed by atoms with van der Waals surface area (Å²) in [6.45, 7) is 1.25. The van der Waals surface area contributed by atoms with E-state index in [1.807, 2.05) is 0 Å². The van der Waals surface area contributed by atoms with E-state index < -0.39 is 0 Å². The molecular weight excluding hydrogens is 124 g/mol. The minimum Gasteiger partial charge on any atom is -0.337 e. The molecule has 0 aliphatic carbocycles. The Morgan fingerprint density at radius 2 is 2.00 bits per heavy atom. The Morgan fingerprint density at radius 3 is 2.38 bits per heavy atom. The second-order valence-electron chi connectivity index (χ2n) is 1.71. The predicted molar refractivity (Wildman–Crippen MR) is 32.8 cm³/mol. The van der Waals surface area contributed by atoms with E-state index in [2.05, 4.69) is 10.6 Å². The second kappa shape index (κ2) is 2.26. The number of rotatable bonds is 0. The Bertz CT molecular complexity index is 96.2. The normalized spacial score (nSPS) is 21.9. The van der Waals surface area contributed by atoms with Crippen molar-refractivity contribution >= 4 is 18.7 Å². The molecule has 1 radical (unpaired) electrons. The Kier molecular flexibility index (Phi) is 1.62. The molecule has 1 saturated heterocycles. The van der Waals surface area contributed by atoms with Crippen LogP contribution < -0.4 is 10.6 Å². The molecule has 0 aromatic rings. The number of nitrogens with one attached hydrogen (secondary N) is 2. The zero-order valence-corrected chi connectivity index (χ0v) is 5.12. The van der Waals surface area contributed by atoms with Crippen molar-refractivity contribution in [1.29, 1.82) is 0 Å². The molecule has 45 valence electrons. The summed E-state index contributed by atoms with van der Waals surface area (Å²) in [6.07, 6.45) is 0. The topological polar surface area (TPSA) is 41.1 Å². The molecule has 2 amide bonds. The molecule has 8 heavy (non-hydrogen) atoms. The van der Waals surface area contributed by atoms with Gasteiger partial charge in [0.05, 0.1) is 5.25 Å². The summed E-state index contributed by atoms with van der Waals surface area (Å²) in [5, 5.41) is 5.32. The maximum absolute atomic E-state index is 10.3. The van der Waals surface area contributed by atoms with Gasteiger partial charge >= 0.3 is 6.03 Å². The van der Waals surface area contributed by atoms with E-state index in [0.717, 1.165) is 0 Å². The highest BCUT2D eigenvalue weighted by Gasteiger charge is 2.12. The Morgan fingerprint density at radius 1 is 1.50 bits per heavy atom. The summed E-state index contributed by atoms with van der Waals surface area (Å²) in [7, 11) is 0. The quantitative estimate of drug-likeness (QED) is 0.472. The number of hydrogen-bond donors (Lipinski definition) is 2. The van der Waals surface area contributed by atoms with E-state index in [0.29, 0.717) is 13.1 Å². The van der Waals surface area contributed by atoms with Crippen LogP contribution in [0.2, 0.25) is 0 Å². The molecule has 0 aromatic carbocycles. The zero-order chi connectivity index (χ0) is 5.98. The summed E-state index contributed by atoms with van der Waals surface area (Å²) in [5.41, 5.74) is 0. The number of amides is 2. The highest BCUT2D eigenvalue weighted by Crippen LogP contribution is 1.93. The van der Waals surface area contributed by atoms with Gasteiger partial charge in [-0.05, 0) is 0 Å². The molecule has 1 aliphatic rings. The van der Waals surface area contributed by atoms with Gasteiger partial charge in [0.25, 0.3) is 0 Å². The maximum atomic E-state index is 10.3. The SMILES string of the molecule is O=C1NCC([S])CN1. The molecule has 1 rings (SSSR count). The molecule has 0 bridgehead atoms. The molecule has 1 fully saturated rings. The van der Waals surface area contributed by atoms with Gasteiger partial charge in [0, 0.05) is 13.1 Å². The van der Waals surface area contributed by atoms with Crippen LogP contribution in [0.4, 0.5) is 4.79 Å². The van der Waals surface area contributed by atoms with Crippen LogP contribution in [0.25, 0.3) is 0 Å². The molecule has 2 N–H and O–H groups in total. The molecule has 3 nitrogen and oxygen atoms in total. The van der Waals surface area contributed by atoms with Crippen molar-refractivity contribution in [3.8, 4) is 0 Å². The first-order valence-corrected chi connectivity index (χ1v) is 2.93. The zero-order valence-electron chi connectivity index (χ0n) is 4.31. The van der Waals surface area contributed by atoms with Crippen molar-refractivity contribution in [1.82, 2.24) is 10.6 Å². The van der Waals surface area contributed by atoms with Crippen molar-refractivity contribution in [3.05, 3.63) is 0 Å². The van der Waals surface area contributed by atoms with Crippen LogP contribution in [0.5, 0.6) is 0 Å². The number of hydrogen-bond acceptors (Lipinski definition) is 1. The summed E-state index contributed by atoms with van der Waals surface area (Å²) in [6, 6.07) is -0.105. The highest BCUT2D eigenvalue weighted by molar-refractivity contribution is 7.81. The van der Waals surface area contributed by atoms with E-state index >= 15 is 0 Å². The Balaban J connectivity index is 2.29. The van der Waals surface area contributed by atoms with Crippen LogP contribution in [-0.4, -0.2) is 24.4 Å². The van der Waals surface area contributed by atoms with E-state index in [1.54, 1.807) is 0 Å². The van der Waals surface area contributed by atoms with Crippen LogP contribution in [0.3, 0.4) is 0 Å². The Hall–Kier alpha value is -0.380. The lowest BCUT2D eigenvalue weighted by atomic mass is 10.4. The fourth-order valence-electron chi connectivity index (χ4n) is 0.548. The van der Waals surface area contributed by atoms with Crippen molar-refractivity contribution in [2.75, 3.05) is 13.1 Å². The molecule has 0 aromatic heterocycles. The van der Waals surface area contributed by atoms with Crippen molar-refractivity contribution in [2.45, 2.75) is 5.25 Å². The fraction of sp³-hybridized carbons (Fsp3) is 0.750.